The molecule has 0 spiro atoms. The molecule has 1 aromatic heterocycles. The van der Waals surface area contributed by atoms with Gasteiger partial charge in [0.15, 0.2) is 0 Å². The van der Waals surface area contributed by atoms with Gasteiger partial charge in [0.05, 0.1) is 24.5 Å². The molecule has 44 heavy (non-hydrogen) atoms. The van der Waals surface area contributed by atoms with E-state index in [1.54, 1.807) is 31.5 Å². The predicted octanol–water partition coefficient (Wildman–Crippen LogP) is 7.24. The summed E-state index contributed by atoms with van der Waals surface area (Å²) >= 11 is 0. The van der Waals surface area contributed by atoms with Crippen LogP contribution in [0.5, 0.6) is 5.75 Å². The highest BCUT2D eigenvalue weighted by molar-refractivity contribution is 5.28. The summed E-state index contributed by atoms with van der Waals surface area (Å²) in [6.07, 6.45) is -1.07. The maximum Gasteiger partial charge on any atom is 0.416 e. The number of benzene rings is 3. The van der Waals surface area contributed by atoms with Crippen molar-refractivity contribution in [2.45, 2.75) is 57.6 Å². The fraction of sp³-hybridized carbons (Fsp3) is 0.371. The minimum absolute atomic E-state index is 0.150. The van der Waals surface area contributed by atoms with Gasteiger partial charge in [-0.3, -0.25) is 4.90 Å². The van der Waals surface area contributed by atoms with E-state index in [0.717, 1.165) is 42.8 Å². The van der Waals surface area contributed by atoms with Crippen LogP contribution >= 0.6 is 0 Å². The molecule has 0 aliphatic carbocycles. The number of ether oxygens (including phenoxy) is 1. The van der Waals surface area contributed by atoms with E-state index in [0.29, 0.717) is 23.9 Å². The SMILES string of the molecule is CC(Cc1ccccc1)N(C)Cc1ccco1.CNCC(OC)c1cccc(C(F)(F)F)c1.C[C@H](N)Cc1cccc(O)c1. The number of methoxy groups -OCH3 is 1. The number of nitrogens with one attached hydrogen (secondary N) is 1. The first-order chi connectivity index (χ1) is 20.9. The number of phenols is 1. The fourth-order valence-corrected chi connectivity index (χ4v) is 4.41. The molecule has 3 aromatic carbocycles. The molecular formula is C35H46F3N3O3. The summed E-state index contributed by atoms with van der Waals surface area (Å²) in [7, 11) is 5.33. The van der Waals surface area contributed by atoms with Crippen LogP contribution in [0, 0.1) is 0 Å². The number of hydrogen-bond donors (Lipinski definition) is 3. The third kappa shape index (κ3) is 13.8. The monoisotopic (exact) mass is 613 g/mol. The normalized spacial score (nSPS) is 13.2. The molecule has 0 saturated heterocycles. The van der Waals surface area contributed by atoms with E-state index < -0.39 is 11.7 Å². The quantitative estimate of drug-likeness (QED) is 0.166. The van der Waals surface area contributed by atoms with Gasteiger partial charge in [-0.2, -0.15) is 13.2 Å². The topological polar surface area (TPSA) is 83.9 Å². The second-order valence-corrected chi connectivity index (χ2v) is 10.8. The van der Waals surface area contributed by atoms with Gasteiger partial charge < -0.3 is 25.3 Å². The zero-order chi connectivity index (χ0) is 32.5. The maximum atomic E-state index is 12.5. The van der Waals surface area contributed by atoms with Crippen LogP contribution in [-0.4, -0.2) is 49.8 Å². The number of rotatable bonds is 11. The van der Waals surface area contributed by atoms with Crippen LogP contribution in [0.4, 0.5) is 13.2 Å². The molecule has 0 aliphatic heterocycles. The lowest BCUT2D eigenvalue weighted by molar-refractivity contribution is -0.137. The van der Waals surface area contributed by atoms with E-state index in [1.165, 1.54) is 18.7 Å². The summed E-state index contributed by atoms with van der Waals surface area (Å²) in [6.45, 7) is 5.53. The van der Waals surface area contributed by atoms with Crippen molar-refractivity contribution < 1.29 is 27.4 Å². The average Bonchev–Trinajstić information content (AvgIpc) is 3.49. The Morgan fingerprint density at radius 1 is 0.909 bits per heavy atom. The van der Waals surface area contributed by atoms with Crippen LogP contribution in [0.15, 0.2) is 102 Å². The van der Waals surface area contributed by atoms with Gasteiger partial charge in [0.25, 0.3) is 0 Å². The number of likely N-dealkylation sites (N-methyl/N-ethyl adjacent to an activating group) is 2. The van der Waals surface area contributed by atoms with Gasteiger partial charge >= 0.3 is 6.18 Å². The van der Waals surface area contributed by atoms with Crippen molar-refractivity contribution in [3.63, 3.8) is 0 Å². The molecule has 1 heterocycles. The Morgan fingerprint density at radius 3 is 2.16 bits per heavy atom. The van der Waals surface area contributed by atoms with Crippen LogP contribution in [0.25, 0.3) is 0 Å². The van der Waals surface area contributed by atoms with E-state index >= 15 is 0 Å². The number of nitrogens with two attached hydrogens (primary N) is 1. The Morgan fingerprint density at radius 2 is 1.59 bits per heavy atom. The Balaban J connectivity index is 0.000000236. The molecule has 9 heteroatoms. The van der Waals surface area contributed by atoms with E-state index in [4.69, 9.17) is 20.0 Å². The number of aromatic hydroxyl groups is 1. The molecule has 3 atom stereocenters. The Labute approximate surface area is 259 Å². The standard InChI is InChI=1S/C15H19NO.C11H14F3NO.C9H13NO/c1-13(11-14-7-4-3-5-8-14)16(2)12-15-9-6-10-17-15;1-15-7-10(16-2)8-4-3-5-9(6-8)11(12,13)14;1-7(10)5-8-3-2-4-9(11)6-8/h3-10,13H,11-12H2,1-2H3;3-6,10,15H,7H2,1-2H3;2-4,6-7,11H,5,10H2,1H3/t;;7-/m..0/s1. The molecule has 0 amide bonds. The first-order valence-electron chi connectivity index (χ1n) is 14.6. The summed E-state index contributed by atoms with van der Waals surface area (Å²) in [6, 6.07) is 27.6. The molecular weight excluding hydrogens is 567 g/mol. The van der Waals surface area contributed by atoms with Crippen molar-refractivity contribution >= 4 is 0 Å². The molecule has 0 aliphatic rings. The van der Waals surface area contributed by atoms with Gasteiger partial charge in [-0.05, 0) is 93.9 Å². The maximum absolute atomic E-state index is 12.5. The first kappa shape index (κ1) is 36.6. The van der Waals surface area contributed by atoms with Crippen LogP contribution in [-0.2, 0) is 30.3 Å². The lowest BCUT2D eigenvalue weighted by Gasteiger charge is -2.23. The van der Waals surface area contributed by atoms with Gasteiger partial charge in [0, 0.05) is 25.7 Å². The largest absolute Gasteiger partial charge is 0.508 e. The van der Waals surface area contributed by atoms with Crippen molar-refractivity contribution in [2.24, 2.45) is 5.73 Å². The average molecular weight is 614 g/mol. The van der Waals surface area contributed by atoms with Crippen molar-refractivity contribution in [3.8, 4) is 5.75 Å². The highest BCUT2D eigenvalue weighted by Crippen LogP contribution is 2.31. The minimum Gasteiger partial charge on any atom is -0.508 e. The lowest BCUT2D eigenvalue weighted by atomic mass is 10.1. The van der Waals surface area contributed by atoms with Gasteiger partial charge in [-0.1, -0.05) is 54.6 Å². The molecule has 0 bridgehead atoms. The Hall–Kier alpha value is -3.63. The molecule has 240 valence electrons. The zero-order valence-corrected chi connectivity index (χ0v) is 26.2. The number of halogens is 3. The summed E-state index contributed by atoms with van der Waals surface area (Å²) in [5, 5.41) is 12.0. The third-order valence-corrected chi connectivity index (χ3v) is 6.84. The molecule has 4 aromatic rings. The fourth-order valence-electron chi connectivity index (χ4n) is 4.41. The van der Waals surface area contributed by atoms with Crippen molar-refractivity contribution in [1.29, 1.82) is 0 Å². The predicted molar refractivity (Wildman–Crippen MR) is 170 cm³/mol. The first-order valence-corrected chi connectivity index (χ1v) is 14.6. The van der Waals surface area contributed by atoms with E-state index in [-0.39, 0.29) is 12.1 Å². The molecule has 0 fully saturated rings. The number of furan rings is 1. The van der Waals surface area contributed by atoms with E-state index in [2.05, 4.69) is 54.5 Å². The van der Waals surface area contributed by atoms with Crippen LogP contribution < -0.4 is 11.1 Å². The molecule has 2 unspecified atom stereocenters. The lowest BCUT2D eigenvalue weighted by Crippen LogP contribution is -2.30. The molecule has 6 nitrogen and oxygen atoms in total. The van der Waals surface area contributed by atoms with Crippen molar-refractivity contribution in [1.82, 2.24) is 10.2 Å². The number of alkyl halides is 3. The van der Waals surface area contributed by atoms with Gasteiger partial charge in [0.2, 0.25) is 0 Å². The zero-order valence-electron chi connectivity index (χ0n) is 26.2. The Kier molecular flexibility index (Phi) is 15.7. The van der Waals surface area contributed by atoms with Gasteiger partial charge in [-0.25, -0.2) is 0 Å². The van der Waals surface area contributed by atoms with Gasteiger partial charge in [-0.15, -0.1) is 0 Å². The second-order valence-electron chi connectivity index (χ2n) is 10.8. The smallest absolute Gasteiger partial charge is 0.416 e. The minimum atomic E-state index is -4.31. The number of phenolic OH excluding ortho intramolecular Hbond substituents is 1. The number of nitrogens with zero attached hydrogens (tertiary/aromatic N) is 1. The molecule has 4 rings (SSSR count). The summed E-state index contributed by atoms with van der Waals surface area (Å²) in [4.78, 5) is 2.31. The molecule has 0 radical (unpaired) electrons. The molecule has 0 saturated carbocycles. The van der Waals surface area contributed by atoms with Crippen molar-refractivity contribution in [3.05, 3.63) is 125 Å². The van der Waals surface area contributed by atoms with Crippen LogP contribution in [0.3, 0.4) is 0 Å². The van der Waals surface area contributed by atoms with Crippen LogP contribution in [0.2, 0.25) is 0 Å². The molecule has 4 N–H and O–H groups in total. The summed E-state index contributed by atoms with van der Waals surface area (Å²) in [5.41, 5.74) is 7.93. The highest BCUT2D eigenvalue weighted by atomic mass is 19.4. The third-order valence-electron chi connectivity index (χ3n) is 6.84. The van der Waals surface area contributed by atoms with E-state index in [9.17, 15) is 13.2 Å². The second kappa shape index (κ2) is 18.9. The van der Waals surface area contributed by atoms with Gasteiger partial charge in [0.1, 0.15) is 11.5 Å². The highest BCUT2D eigenvalue weighted by Gasteiger charge is 2.30. The Bertz CT molecular complexity index is 1320. The van der Waals surface area contributed by atoms with Crippen molar-refractivity contribution in [2.75, 3.05) is 27.7 Å². The van der Waals surface area contributed by atoms with E-state index in [1.807, 2.05) is 31.2 Å². The summed E-state index contributed by atoms with van der Waals surface area (Å²) in [5.74, 6) is 1.33. The number of hydrogen-bond acceptors (Lipinski definition) is 6. The van der Waals surface area contributed by atoms with Crippen LogP contribution in [0.1, 0.15) is 48.0 Å². The summed E-state index contributed by atoms with van der Waals surface area (Å²) < 4.78 is 47.9.